The van der Waals surface area contributed by atoms with Gasteiger partial charge in [-0.25, -0.2) is 0 Å². The van der Waals surface area contributed by atoms with Gasteiger partial charge in [0.15, 0.2) is 0 Å². The van der Waals surface area contributed by atoms with E-state index in [2.05, 4.69) is 20.4 Å². The molecular weight excluding hydrogens is 252 g/mol. The summed E-state index contributed by atoms with van der Waals surface area (Å²) in [6, 6.07) is 0. The minimum atomic E-state index is -0.296. The lowest BCUT2D eigenvalue weighted by Gasteiger charge is -2.54. The molecule has 0 aliphatic heterocycles. The van der Waals surface area contributed by atoms with E-state index < -0.39 is 0 Å². The molecule has 0 unspecified atom stereocenters. The number of ketones is 1. The van der Waals surface area contributed by atoms with E-state index in [-0.39, 0.29) is 22.7 Å². The Bertz CT molecular complexity index is 440. The highest BCUT2D eigenvalue weighted by Crippen LogP contribution is 2.59. The molecule has 0 aromatic carbocycles. The second kappa shape index (κ2) is 5.34. The number of hydrogen-bond acceptors (Lipinski definition) is 3. The molecule has 3 atom stereocenters. The minimum absolute atomic E-state index is 0.168. The van der Waals surface area contributed by atoms with Crippen molar-refractivity contribution in [1.82, 2.24) is 0 Å². The van der Waals surface area contributed by atoms with Crippen LogP contribution in [0.15, 0.2) is 12.2 Å². The van der Waals surface area contributed by atoms with Gasteiger partial charge in [0, 0.05) is 17.3 Å². The van der Waals surface area contributed by atoms with Crippen molar-refractivity contribution in [1.29, 1.82) is 0 Å². The van der Waals surface area contributed by atoms with Gasteiger partial charge in [-0.2, -0.15) is 0 Å². The second-order valence-corrected chi connectivity index (χ2v) is 6.79. The Hall–Kier alpha value is -1.12. The summed E-state index contributed by atoms with van der Waals surface area (Å²) in [5.74, 6) is 0.427. The molecule has 2 rings (SSSR count). The van der Waals surface area contributed by atoms with Crippen molar-refractivity contribution in [2.75, 3.05) is 6.61 Å². The Morgan fingerprint density at radius 2 is 2.10 bits per heavy atom. The third-order valence-corrected chi connectivity index (χ3v) is 5.64. The Balaban J connectivity index is 2.30. The Morgan fingerprint density at radius 3 is 2.75 bits per heavy atom. The molecule has 0 bridgehead atoms. The third-order valence-electron chi connectivity index (χ3n) is 5.64. The fourth-order valence-corrected chi connectivity index (χ4v) is 4.30. The summed E-state index contributed by atoms with van der Waals surface area (Å²) in [6.07, 6.45) is 4.71. The Labute approximate surface area is 121 Å². The Kier molecular flexibility index (Phi) is 4.08. The van der Waals surface area contributed by atoms with Crippen LogP contribution in [0.1, 0.15) is 59.3 Å². The number of ether oxygens (including phenoxy) is 1. The minimum Gasteiger partial charge on any atom is -0.466 e. The van der Waals surface area contributed by atoms with Gasteiger partial charge in [0.05, 0.1) is 13.0 Å². The predicted octanol–water partition coefficient (Wildman–Crippen LogP) is 3.67. The first kappa shape index (κ1) is 15.3. The lowest BCUT2D eigenvalue weighted by Crippen LogP contribution is -2.51. The lowest BCUT2D eigenvalue weighted by atomic mass is 9.48. The maximum absolute atomic E-state index is 12.4. The van der Waals surface area contributed by atoms with Crippen molar-refractivity contribution in [3.63, 3.8) is 0 Å². The van der Waals surface area contributed by atoms with Gasteiger partial charge in [-0.15, -0.1) is 0 Å². The van der Waals surface area contributed by atoms with Crippen LogP contribution in [0.3, 0.4) is 0 Å². The van der Waals surface area contributed by atoms with Crippen LogP contribution in [0.4, 0.5) is 0 Å². The molecule has 0 heterocycles. The summed E-state index contributed by atoms with van der Waals surface area (Å²) in [4.78, 5) is 24.4. The van der Waals surface area contributed by atoms with E-state index in [1.54, 1.807) is 0 Å². The van der Waals surface area contributed by atoms with Crippen LogP contribution in [0.2, 0.25) is 0 Å². The van der Waals surface area contributed by atoms with Crippen molar-refractivity contribution in [2.24, 2.45) is 16.7 Å². The molecule has 3 heteroatoms. The first-order valence-corrected chi connectivity index (χ1v) is 7.72. The van der Waals surface area contributed by atoms with Crippen molar-refractivity contribution in [3.8, 4) is 0 Å². The molecule has 20 heavy (non-hydrogen) atoms. The number of allylic oxidation sites excluding steroid dienone is 1. The summed E-state index contributed by atoms with van der Waals surface area (Å²) in [6.45, 7) is 10.6. The van der Waals surface area contributed by atoms with Crippen LogP contribution >= 0.6 is 0 Å². The average Bonchev–Trinajstić information content (AvgIpc) is 2.38. The lowest BCUT2D eigenvalue weighted by molar-refractivity contribution is -0.152. The SMILES string of the molecule is C=C1CC[C@@]2(C)C(=O)CCC[C@H]2[C@@]1(C)CC(=O)OCC. The van der Waals surface area contributed by atoms with Crippen LogP contribution < -0.4 is 0 Å². The summed E-state index contributed by atoms with van der Waals surface area (Å²) in [5, 5.41) is 0. The average molecular weight is 278 g/mol. The summed E-state index contributed by atoms with van der Waals surface area (Å²) < 4.78 is 5.13. The highest BCUT2D eigenvalue weighted by atomic mass is 16.5. The molecule has 0 saturated heterocycles. The van der Waals surface area contributed by atoms with Crippen LogP contribution in [0, 0.1) is 16.7 Å². The molecule has 0 N–H and O–H groups in total. The van der Waals surface area contributed by atoms with Crippen molar-refractivity contribution >= 4 is 11.8 Å². The van der Waals surface area contributed by atoms with E-state index in [0.717, 1.165) is 31.3 Å². The summed E-state index contributed by atoms with van der Waals surface area (Å²) in [5.41, 5.74) is 0.540. The number of fused-ring (bicyclic) bond motifs is 1. The van der Waals surface area contributed by atoms with Crippen molar-refractivity contribution in [3.05, 3.63) is 12.2 Å². The highest BCUT2D eigenvalue weighted by molar-refractivity contribution is 5.86. The molecule has 0 spiro atoms. The zero-order valence-corrected chi connectivity index (χ0v) is 13.0. The zero-order chi connectivity index (χ0) is 15.0. The fraction of sp³-hybridized carbons (Fsp3) is 0.765. The number of rotatable bonds is 3. The van der Waals surface area contributed by atoms with Crippen LogP contribution in [-0.2, 0) is 14.3 Å². The standard InChI is InChI=1S/C17H26O3/c1-5-20-15(19)11-17(4)12(2)9-10-16(3)13(17)7-6-8-14(16)18/h13H,2,5-11H2,1,3-4H3/t13-,16-,17+/m1/s1. The molecular formula is C17H26O3. The van der Waals surface area contributed by atoms with Gasteiger partial charge < -0.3 is 4.74 Å². The molecule has 2 saturated carbocycles. The smallest absolute Gasteiger partial charge is 0.306 e. The molecule has 112 valence electrons. The topological polar surface area (TPSA) is 43.4 Å². The number of hydrogen-bond donors (Lipinski definition) is 0. The van der Waals surface area contributed by atoms with E-state index in [9.17, 15) is 9.59 Å². The molecule has 0 aromatic rings. The monoisotopic (exact) mass is 278 g/mol. The van der Waals surface area contributed by atoms with Gasteiger partial charge in [0.25, 0.3) is 0 Å². The normalized spacial score (nSPS) is 37.5. The van der Waals surface area contributed by atoms with Crippen molar-refractivity contribution < 1.29 is 14.3 Å². The van der Waals surface area contributed by atoms with E-state index >= 15 is 0 Å². The zero-order valence-electron chi connectivity index (χ0n) is 13.0. The van der Waals surface area contributed by atoms with E-state index in [1.165, 1.54) is 0 Å². The molecule has 3 nitrogen and oxygen atoms in total. The van der Waals surface area contributed by atoms with Gasteiger partial charge in [-0.3, -0.25) is 9.59 Å². The van der Waals surface area contributed by atoms with Gasteiger partial charge in [-0.1, -0.05) is 26.0 Å². The number of carbonyl (C=O) groups excluding carboxylic acids is 2. The van der Waals surface area contributed by atoms with E-state index in [4.69, 9.17) is 4.74 Å². The highest BCUT2D eigenvalue weighted by Gasteiger charge is 2.55. The molecule has 0 aromatic heterocycles. The first-order chi connectivity index (χ1) is 9.34. The molecule has 2 aliphatic rings. The summed E-state index contributed by atoms with van der Waals surface area (Å²) >= 11 is 0. The van der Waals surface area contributed by atoms with Gasteiger partial charge in [0.1, 0.15) is 5.78 Å². The fourth-order valence-electron chi connectivity index (χ4n) is 4.30. The first-order valence-electron chi connectivity index (χ1n) is 7.72. The molecule has 0 radical (unpaired) electrons. The predicted molar refractivity (Wildman–Crippen MR) is 78.2 cm³/mol. The Morgan fingerprint density at radius 1 is 1.40 bits per heavy atom. The number of carbonyl (C=O) groups is 2. The third kappa shape index (κ3) is 2.32. The maximum Gasteiger partial charge on any atom is 0.306 e. The van der Waals surface area contributed by atoms with Crippen molar-refractivity contribution in [2.45, 2.75) is 59.3 Å². The molecule has 2 aliphatic carbocycles. The van der Waals surface area contributed by atoms with Crippen LogP contribution in [0.5, 0.6) is 0 Å². The second-order valence-electron chi connectivity index (χ2n) is 6.79. The number of Topliss-reactive ketones (excluding diaryl/α,β-unsaturated/α-hetero) is 1. The largest absolute Gasteiger partial charge is 0.466 e. The molecule has 2 fully saturated rings. The van der Waals surface area contributed by atoms with E-state index in [0.29, 0.717) is 25.2 Å². The van der Waals surface area contributed by atoms with Gasteiger partial charge in [-0.05, 0) is 38.5 Å². The maximum atomic E-state index is 12.4. The van der Waals surface area contributed by atoms with Gasteiger partial charge in [0.2, 0.25) is 0 Å². The molecule has 0 amide bonds. The van der Waals surface area contributed by atoms with Gasteiger partial charge >= 0.3 is 5.97 Å². The van der Waals surface area contributed by atoms with Crippen LogP contribution in [-0.4, -0.2) is 18.4 Å². The van der Waals surface area contributed by atoms with Crippen LogP contribution in [0.25, 0.3) is 0 Å². The summed E-state index contributed by atoms with van der Waals surface area (Å²) in [7, 11) is 0. The quantitative estimate of drug-likeness (QED) is 0.584. The van der Waals surface area contributed by atoms with E-state index in [1.807, 2.05) is 6.92 Å². The number of esters is 1.